The molecule has 0 saturated heterocycles. The number of rotatable bonds is 4. The molecule has 2 rings (SSSR count). The molecule has 4 N–H and O–H groups in total. The molecule has 0 bridgehead atoms. The molecule has 1 amide bonds. The van der Waals surface area contributed by atoms with E-state index in [1.807, 2.05) is 0 Å². The van der Waals surface area contributed by atoms with E-state index in [0.29, 0.717) is 28.2 Å². The van der Waals surface area contributed by atoms with Crippen molar-refractivity contribution in [1.29, 1.82) is 0 Å². The van der Waals surface area contributed by atoms with Crippen molar-refractivity contribution < 1.29 is 10.0 Å². The van der Waals surface area contributed by atoms with E-state index in [2.05, 4.69) is 19.2 Å². The third-order valence-electron chi connectivity index (χ3n) is 3.50. The number of carbonyl (C=O) groups excluding carboxylic acids is 1. The summed E-state index contributed by atoms with van der Waals surface area (Å²) in [6, 6.07) is 3.35. The minimum atomic E-state index is -1.15. The van der Waals surface area contributed by atoms with Crippen LogP contribution in [0.4, 0.5) is 5.69 Å². The molecule has 21 heavy (non-hydrogen) atoms. The molecule has 9 heteroatoms. The van der Waals surface area contributed by atoms with Crippen molar-refractivity contribution >= 4 is 51.8 Å². The summed E-state index contributed by atoms with van der Waals surface area (Å²) in [5, 5.41) is 14.8. The van der Waals surface area contributed by atoms with Gasteiger partial charge in [0.1, 0.15) is 16.4 Å². The number of halogens is 1. The predicted molar refractivity (Wildman–Crippen MR) is 82.9 cm³/mol. The molecule has 0 fully saturated rings. The maximum absolute atomic E-state index is 12.5. The van der Waals surface area contributed by atoms with Crippen molar-refractivity contribution in [2.24, 2.45) is 16.3 Å². The van der Waals surface area contributed by atoms with E-state index in [9.17, 15) is 4.79 Å². The van der Waals surface area contributed by atoms with Crippen molar-refractivity contribution in [3.8, 4) is 0 Å². The Kier molecular flexibility index (Phi) is 4.29. The highest BCUT2D eigenvalue weighted by Gasteiger charge is 2.37. The van der Waals surface area contributed by atoms with Crippen LogP contribution < -0.4 is 11.1 Å². The van der Waals surface area contributed by atoms with Crippen LogP contribution in [-0.4, -0.2) is 25.7 Å². The van der Waals surface area contributed by atoms with E-state index in [0.717, 1.165) is 11.7 Å². The van der Waals surface area contributed by atoms with Crippen LogP contribution >= 0.6 is 23.3 Å². The maximum atomic E-state index is 12.5. The Labute approximate surface area is 130 Å². The van der Waals surface area contributed by atoms with Gasteiger partial charge in [-0.2, -0.15) is 8.75 Å². The number of aromatic nitrogens is 2. The molecule has 0 spiro atoms. The third kappa shape index (κ3) is 2.64. The molecular weight excluding hydrogens is 314 g/mol. The van der Waals surface area contributed by atoms with Crippen molar-refractivity contribution in [1.82, 2.24) is 8.75 Å². The summed E-state index contributed by atoms with van der Waals surface area (Å²) in [7, 11) is 0. The molecule has 0 radical (unpaired) electrons. The maximum Gasteiger partial charge on any atom is 0.238 e. The number of hydrogen-bond donors (Lipinski definition) is 3. The molecule has 1 atom stereocenters. The van der Waals surface area contributed by atoms with Crippen molar-refractivity contribution in [2.45, 2.75) is 20.3 Å². The molecule has 112 valence electrons. The Morgan fingerprint density at radius 2 is 2.29 bits per heavy atom. The molecule has 2 aromatic rings. The Morgan fingerprint density at radius 3 is 2.90 bits per heavy atom. The number of carbonyl (C=O) groups is 1. The SMILES string of the molecule is CCC(C)(C(=O)Nc1c(Cl)ccc2nsnc12)/C(N)=N/O. The molecule has 1 unspecified atom stereocenters. The zero-order valence-corrected chi connectivity index (χ0v) is 13.0. The first-order valence-corrected chi connectivity index (χ1v) is 7.25. The van der Waals surface area contributed by atoms with Gasteiger partial charge in [-0.25, -0.2) is 0 Å². The lowest BCUT2D eigenvalue weighted by Crippen LogP contribution is -2.44. The highest BCUT2D eigenvalue weighted by molar-refractivity contribution is 7.00. The van der Waals surface area contributed by atoms with Gasteiger partial charge in [-0.3, -0.25) is 4.79 Å². The molecule has 0 aliphatic heterocycles. The number of nitrogens with zero attached hydrogens (tertiary/aromatic N) is 3. The summed E-state index contributed by atoms with van der Waals surface area (Å²) in [5.41, 5.74) is 6.01. The Morgan fingerprint density at radius 1 is 1.57 bits per heavy atom. The molecule has 7 nitrogen and oxygen atoms in total. The number of oxime groups is 1. The second-order valence-electron chi connectivity index (χ2n) is 4.68. The van der Waals surface area contributed by atoms with Crippen LogP contribution in [0.15, 0.2) is 17.3 Å². The number of amides is 1. The first kappa shape index (κ1) is 15.5. The first-order valence-electron chi connectivity index (χ1n) is 6.14. The summed E-state index contributed by atoms with van der Waals surface area (Å²) in [5.74, 6) is -0.593. The number of amidine groups is 1. The van der Waals surface area contributed by atoms with E-state index in [1.54, 1.807) is 26.0 Å². The normalized spacial score (nSPS) is 14.9. The van der Waals surface area contributed by atoms with Crippen LogP contribution in [-0.2, 0) is 4.79 Å². The van der Waals surface area contributed by atoms with Gasteiger partial charge >= 0.3 is 0 Å². The number of nitrogens with one attached hydrogen (secondary N) is 1. The van der Waals surface area contributed by atoms with Crippen LogP contribution in [0, 0.1) is 5.41 Å². The highest BCUT2D eigenvalue weighted by atomic mass is 35.5. The van der Waals surface area contributed by atoms with E-state index >= 15 is 0 Å². The highest BCUT2D eigenvalue weighted by Crippen LogP contribution is 2.32. The second-order valence-corrected chi connectivity index (χ2v) is 5.62. The number of anilines is 1. The molecule has 0 aliphatic rings. The van der Waals surface area contributed by atoms with Gasteiger partial charge in [-0.1, -0.05) is 23.7 Å². The van der Waals surface area contributed by atoms with Gasteiger partial charge in [0.2, 0.25) is 5.91 Å². The van der Waals surface area contributed by atoms with Crippen molar-refractivity contribution in [2.75, 3.05) is 5.32 Å². The van der Waals surface area contributed by atoms with Gasteiger partial charge in [0, 0.05) is 0 Å². The Hall–Kier alpha value is -1.93. The van der Waals surface area contributed by atoms with Crippen molar-refractivity contribution in [3.05, 3.63) is 17.2 Å². The lowest BCUT2D eigenvalue weighted by atomic mass is 9.85. The summed E-state index contributed by atoms with van der Waals surface area (Å²) in [6.45, 7) is 3.36. The molecule has 1 aromatic carbocycles. The van der Waals surface area contributed by atoms with E-state index in [4.69, 9.17) is 22.5 Å². The zero-order chi connectivity index (χ0) is 15.6. The summed E-state index contributed by atoms with van der Waals surface area (Å²) in [6.07, 6.45) is 0.359. The predicted octanol–water partition coefficient (Wildman–Crippen LogP) is 2.45. The quantitative estimate of drug-likeness (QED) is 0.345. The number of benzene rings is 1. The van der Waals surface area contributed by atoms with Crippen LogP contribution in [0.3, 0.4) is 0 Å². The lowest BCUT2D eigenvalue weighted by molar-refractivity contribution is -0.121. The average molecular weight is 328 g/mol. The standard InChI is InChI=1S/C12H14ClN5O2S/c1-3-12(2,10(14)16-20)11(19)15-8-6(13)4-5-7-9(8)18-21-17-7/h4-5,20H,3H2,1-2H3,(H2,14,16)(H,15,19). The summed E-state index contributed by atoms with van der Waals surface area (Å²) < 4.78 is 8.22. The smallest absolute Gasteiger partial charge is 0.238 e. The molecule has 1 aromatic heterocycles. The largest absolute Gasteiger partial charge is 0.409 e. The number of nitrogens with two attached hydrogens (primary N) is 1. The fourth-order valence-corrected chi connectivity index (χ4v) is 2.51. The summed E-state index contributed by atoms with van der Waals surface area (Å²) >= 11 is 7.15. The lowest BCUT2D eigenvalue weighted by Gasteiger charge is -2.25. The minimum Gasteiger partial charge on any atom is -0.409 e. The third-order valence-corrected chi connectivity index (χ3v) is 4.35. The minimum absolute atomic E-state index is 0.165. The molecule has 1 heterocycles. The first-order chi connectivity index (χ1) is 9.93. The van der Waals surface area contributed by atoms with E-state index in [1.165, 1.54) is 0 Å². The van der Waals surface area contributed by atoms with E-state index in [-0.39, 0.29) is 5.84 Å². The van der Waals surface area contributed by atoms with Gasteiger partial charge in [-0.15, -0.1) is 0 Å². The van der Waals surface area contributed by atoms with Crippen LogP contribution in [0.1, 0.15) is 20.3 Å². The average Bonchev–Trinajstić information content (AvgIpc) is 2.96. The fourth-order valence-electron chi connectivity index (χ4n) is 1.77. The van der Waals surface area contributed by atoms with Crippen LogP contribution in [0.25, 0.3) is 11.0 Å². The van der Waals surface area contributed by atoms with Gasteiger partial charge < -0.3 is 16.3 Å². The van der Waals surface area contributed by atoms with Crippen LogP contribution in [0.2, 0.25) is 5.02 Å². The summed E-state index contributed by atoms with van der Waals surface area (Å²) in [4.78, 5) is 12.5. The Balaban J connectivity index is 2.42. The van der Waals surface area contributed by atoms with Gasteiger partial charge in [0.05, 0.1) is 22.4 Å². The Bertz CT molecular complexity index is 717. The van der Waals surface area contributed by atoms with Gasteiger partial charge in [-0.05, 0) is 25.5 Å². The van der Waals surface area contributed by atoms with E-state index < -0.39 is 11.3 Å². The van der Waals surface area contributed by atoms with Gasteiger partial charge in [0.25, 0.3) is 0 Å². The molecule has 0 saturated carbocycles. The number of fused-ring (bicyclic) bond motifs is 1. The molecular formula is C12H14ClN5O2S. The fraction of sp³-hybridized carbons (Fsp3) is 0.333. The zero-order valence-electron chi connectivity index (χ0n) is 11.4. The van der Waals surface area contributed by atoms with Crippen LogP contribution in [0.5, 0.6) is 0 Å². The second kappa shape index (κ2) is 5.82. The number of hydrogen-bond acceptors (Lipinski definition) is 6. The van der Waals surface area contributed by atoms with Gasteiger partial charge in [0.15, 0.2) is 5.84 Å². The topological polar surface area (TPSA) is 113 Å². The molecule has 0 aliphatic carbocycles. The van der Waals surface area contributed by atoms with Crippen molar-refractivity contribution in [3.63, 3.8) is 0 Å². The monoisotopic (exact) mass is 327 g/mol.